The first-order valence-electron chi connectivity index (χ1n) is 10.8. The van der Waals surface area contributed by atoms with E-state index in [2.05, 4.69) is 15.0 Å². The van der Waals surface area contributed by atoms with E-state index in [1.807, 2.05) is 48.5 Å². The summed E-state index contributed by atoms with van der Waals surface area (Å²) >= 11 is 0. The third-order valence-electron chi connectivity index (χ3n) is 5.56. The van der Waals surface area contributed by atoms with E-state index in [4.69, 9.17) is 9.72 Å². The fraction of sp³-hybridized carbons (Fsp3) is 0.250. The molecule has 8 heteroatoms. The van der Waals surface area contributed by atoms with Crippen LogP contribution in [-0.4, -0.2) is 43.9 Å². The molecule has 162 valence electrons. The minimum atomic E-state index is -1.04. The van der Waals surface area contributed by atoms with Gasteiger partial charge in [-0.1, -0.05) is 31.0 Å². The molecule has 2 aromatic heterocycles. The summed E-state index contributed by atoms with van der Waals surface area (Å²) in [5, 5.41) is 14.4. The summed E-state index contributed by atoms with van der Waals surface area (Å²) in [5.74, 6) is 1.55. The lowest BCUT2D eigenvalue weighted by Gasteiger charge is -2.23. The van der Waals surface area contributed by atoms with E-state index in [0.29, 0.717) is 11.7 Å². The van der Waals surface area contributed by atoms with Crippen LogP contribution in [0.15, 0.2) is 60.9 Å². The van der Waals surface area contributed by atoms with Crippen LogP contribution in [0.3, 0.4) is 0 Å². The molecular formula is C24H23N5O3. The van der Waals surface area contributed by atoms with Crippen molar-refractivity contribution in [2.45, 2.75) is 25.7 Å². The van der Waals surface area contributed by atoms with E-state index >= 15 is 0 Å². The number of carbonyl (C=O) groups is 1. The van der Waals surface area contributed by atoms with Crippen LogP contribution >= 0.6 is 0 Å². The number of rotatable bonds is 5. The smallest absolute Gasteiger partial charge is 0.338 e. The van der Waals surface area contributed by atoms with Crippen LogP contribution in [0.5, 0.6) is 11.5 Å². The first-order chi connectivity index (χ1) is 15.7. The molecule has 1 N–H and O–H groups in total. The van der Waals surface area contributed by atoms with E-state index in [1.54, 1.807) is 0 Å². The Hall–Kier alpha value is -3.94. The Morgan fingerprint density at radius 1 is 0.938 bits per heavy atom. The molecule has 4 aromatic rings. The van der Waals surface area contributed by atoms with Gasteiger partial charge < -0.3 is 14.7 Å². The molecule has 2 aromatic carbocycles. The highest BCUT2D eigenvalue weighted by atomic mass is 16.5. The minimum absolute atomic E-state index is 0.0891. The lowest BCUT2D eigenvalue weighted by atomic mass is 10.2. The summed E-state index contributed by atoms with van der Waals surface area (Å²) in [6.45, 7) is 1.85. The number of fused-ring (bicyclic) bond motifs is 1. The number of para-hydroxylation sites is 1. The van der Waals surface area contributed by atoms with Crippen molar-refractivity contribution >= 4 is 22.7 Å². The Morgan fingerprint density at radius 2 is 1.72 bits per heavy atom. The van der Waals surface area contributed by atoms with Crippen molar-refractivity contribution in [3.05, 3.63) is 66.5 Å². The maximum absolute atomic E-state index is 11.3. The molecule has 0 unspecified atom stereocenters. The van der Waals surface area contributed by atoms with E-state index in [0.717, 1.165) is 48.4 Å². The maximum atomic E-state index is 11.3. The Bertz CT molecular complexity index is 1250. The van der Waals surface area contributed by atoms with Crippen molar-refractivity contribution in [3.8, 4) is 17.4 Å². The van der Waals surface area contributed by atoms with E-state index in [1.165, 1.54) is 29.9 Å². The molecule has 5 rings (SSSR count). The van der Waals surface area contributed by atoms with Gasteiger partial charge in [-0.05, 0) is 37.1 Å². The molecule has 0 spiro atoms. The fourth-order valence-corrected chi connectivity index (χ4v) is 3.94. The van der Waals surface area contributed by atoms with Gasteiger partial charge in [0.1, 0.15) is 17.3 Å². The summed E-state index contributed by atoms with van der Waals surface area (Å²) in [5.41, 5.74) is 0.807. The SMILES string of the molecule is O=C(O)c1cnn(-c2nc(N3CCCCCC3)c3ccc(Oc4ccccc4)cc3n2)c1. The molecule has 0 amide bonds. The molecule has 1 saturated heterocycles. The molecule has 0 radical (unpaired) electrons. The van der Waals surface area contributed by atoms with Crippen LogP contribution in [0, 0.1) is 0 Å². The quantitative estimate of drug-likeness (QED) is 0.492. The predicted octanol–water partition coefficient (Wildman–Crippen LogP) is 4.69. The first-order valence-corrected chi connectivity index (χ1v) is 10.8. The molecule has 1 aliphatic rings. The molecule has 1 fully saturated rings. The van der Waals surface area contributed by atoms with Crippen molar-refractivity contribution in [3.63, 3.8) is 0 Å². The zero-order chi connectivity index (χ0) is 21.9. The largest absolute Gasteiger partial charge is 0.478 e. The van der Waals surface area contributed by atoms with Gasteiger partial charge in [0.2, 0.25) is 0 Å². The number of anilines is 1. The summed E-state index contributed by atoms with van der Waals surface area (Å²) in [7, 11) is 0. The third-order valence-corrected chi connectivity index (χ3v) is 5.56. The number of benzene rings is 2. The monoisotopic (exact) mass is 429 g/mol. The second-order valence-electron chi connectivity index (χ2n) is 7.82. The zero-order valence-corrected chi connectivity index (χ0v) is 17.5. The number of nitrogens with zero attached hydrogens (tertiary/aromatic N) is 5. The zero-order valence-electron chi connectivity index (χ0n) is 17.5. The topological polar surface area (TPSA) is 93.4 Å². The Labute approximate surface area is 185 Å². The highest BCUT2D eigenvalue weighted by Crippen LogP contribution is 2.31. The number of carboxylic acids is 1. The normalized spacial score (nSPS) is 14.3. The first kappa shape index (κ1) is 20.0. The van der Waals surface area contributed by atoms with Crippen LogP contribution in [0.25, 0.3) is 16.9 Å². The summed E-state index contributed by atoms with van der Waals surface area (Å²) in [4.78, 5) is 23.1. The average molecular weight is 429 g/mol. The highest BCUT2D eigenvalue weighted by Gasteiger charge is 2.19. The molecule has 0 bridgehead atoms. The van der Waals surface area contributed by atoms with Crippen molar-refractivity contribution in [1.29, 1.82) is 0 Å². The van der Waals surface area contributed by atoms with Gasteiger partial charge in [-0.15, -0.1) is 0 Å². The molecule has 3 heterocycles. The van der Waals surface area contributed by atoms with Crippen LogP contribution in [0.1, 0.15) is 36.0 Å². The summed E-state index contributed by atoms with van der Waals surface area (Å²) < 4.78 is 7.41. The van der Waals surface area contributed by atoms with Gasteiger partial charge >= 0.3 is 5.97 Å². The molecule has 0 aliphatic carbocycles. The van der Waals surface area contributed by atoms with Gasteiger partial charge in [0.15, 0.2) is 0 Å². The molecule has 8 nitrogen and oxygen atoms in total. The fourth-order valence-electron chi connectivity index (χ4n) is 3.94. The number of aromatic carboxylic acids is 1. The van der Waals surface area contributed by atoms with Gasteiger partial charge in [-0.2, -0.15) is 10.1 Å². The lowest BCUT2D eigenvalue weighted by Crippen LogP contribution is -2.26. The van der Waals surface area contributed by atoms with Crippen LogP contribution in [0.2, 0.25) is 0 Å². The van der Waals surface area contributed by atoms with Crippen molar-refractivity contribution < 1.29 is 14.6 Å². The summed E-state index contributed by atoms with van der Waals surface area (Å²) in [6.07, 6.45) is 7.38. The average Bonchev–Trinajstić information content (AvgIpc) is 3.16. The van der Waals surface area contributed by atoms with Crippen molar-refractivity contribution in [2.75, 3.05) is 18.0 Å². The Balaban J connectivity index is 1.61. The van der Waals surface area contributed by atoms with Crippen molar-refractivity contribution in [1.82, 2.24) is 19.7 Å². The number of ether oxygens (including phenoxy) is 1. The Morgan fingerprint density at radius 3 is 2.44 bits per heavy atom. The number of carboxylic acid groups (broad SMARTS) is 1. The van der Waals surface area contributed by atoms with Crippen LogP contribution < -0.4 is 9.64 Å². The van der Waals surface area contributed by atoms with Gasteiger partial charge in [0, 0.05) is 30.7 Å². The van der Waals surface area contributed by atoms with E-state index in [-0.39, 0.29) is 5.56 Å². The van der Waals surface area contributed by atoms with Crippen molar-refractivity contribution in [2.24, 2.45) is 0 Å². The maximum Gasteiger partial charge on any atom is 0.338 e. The number of hydrogen-bond donors (Lipinski definition) is 1. The van der Waals surface area contributed by atoms with E-state index in [9.17, 15) is 9.90 Å². The van der Waals surface area contributed by atoms with Gasteiger partial charge in [0.25, 0.3) is 5.95 Å². The second-order valence-corrected chi connectivity index (χ2v) is 7.82. The van der Waals surface area contributed by atoms with Gasteiger partial charge in [0.05, 0.1) is 17.3 Å². The van der Waals surface area contributed by atoms with Gasteiger partial charge in [-0.25, -0.2) is 14.5 Å². The standard InChI is InChI=1S/C24H23N5O3/c30-23(31)17-15-25-29(16-17)24-26-21-14-19(32-18-8-4-3-5-9-18)10-11-20(21)22(27-24)28-12-6-1-2-7-13-28/h3-5,8-11,14-16H,1-2,6-7,12-13H2,(H,30,31). The Kier molecular flexibility index (Phi) is 5.41. The molecule has 0 atom stereocenters. The van der Waals surface area contributed by atoms with E-state index < -0.39 is 5.97 Å². The minimum Gasteiger partial charge on any atom is -0.478 e. The molecule has 1 aliphatic heterocycles. The molecule has 32 heavy (non-hydrogen) atoms. The highest BCUT2D eigenvalue weighted by molar-refractivity contribution is 5.91. The van der Waals surface area contributed by atoms with Gasteiger partial charge in [-0.3, -0.25) is 0 Å². The number of aromatic nitrogens is 4. The lowest BCUT2D eigenvalue weighted by molar-refractivity contribution is 0.0697. The molecule has 0 saturated carbocycles. The summed E-state index contributed by atoms with van der Waals surface area (Å²) in [6, 6.07) is 15.4. The van der Waals surface area contributed by atoms with Crippen LogP contribution in [-0.2, 0) is 0 Å². The predicted molar refractivity (Wildman–Crippen MR) is 121 cm³/mol. The third kappa shape index (κ3) is 4.12. The second kappa shape index (κ2) is 8.66. The van der Waals surface area contributed by atoms with Crippen LogP contribution in [0.4, 0.5) is 5.82 Å². The molecular weight excluding hydrogens is 406 g/mol. The number of hydrogen-bond acceptors (Lipinski definition) is 6.